The maximum Gasteiger partial charge on any atom is 0.306 e. The summed E-state index contributed by atoms with van der Waals surface area (Å²) in [6.45, 7) is 1.70. The topological polar surface area (TPSA) is 64.6 Å². The summed E-state index contributed by atoms with van der Waals surface area (Å²) in [6, 6.07) is 11.9. The first-order valence-electron chi connectivity index (χ1n) is 8.09. The third-order valence-electron chi connectivity index (χ3n) is 3.40. The van der Waals surface area contributed by atoms with Gasteiger partial charge in [0.05, 0.1) is 12.3 Å². The van der Waals surface area contributed by atoms with Crippen LogP contribution in [0.3, 0.4) is 0 Å². The average Bonchev–Trinajstić information content (AvgIpc) is 2.62. The standard InChI is InChI=1S/C19H19F2NO4/c1-13(19(24)22-17-10-9-14(20)12-16(17)21)26-18(23)8-5-11-25-15-6-3-2-4-7-15/h2-4,6-7,9-10,12-13H,5,8,11H2,1H3,(H,22,24)/t13-/m1/s1. The zero-order chi connectivity index (χ0) is 18.9. The molecule has 0 saturated heterocycles. The summed E-state index contributed by atoms with van der Waals surface area (Å²) in [4.78, 5) is 23.7. The van der Waals surface area contributed by atoms with Crippen molar-refractivity contribution in [3.05, 3.63) is 60.2 Å². The zero-order valence-corrected chi connectivity index (χ0v) is 14.2. The van der Waals surface area contributed by atoms with E-state index in [2.05, 4.69) is 5.32 Å². The Bertz CT molecular complexity index is 752. The Labute approximate surface area is 149 Å². The van der Waals surface area contributed by atoms with Crippen LogP contribution in [0.15, 0.2) is 48.5 Å². The summed E-state index contributed by atoms with van der Waals surface area (Å²) in [5, 5.41) is 2.25. The van der Waals surface area contributed by atoms with E-state index in [0.717, 1.165) is 12.1 Å². The van der Waals surface area contributed by atoms with Crippen LogP contribution in [-0.2, 0) is 14.3 Å². The molecule has 0 unspecified atom stereocenters. The summed E-state index contributed by atoms with van der Waals surface area (Å²) in [7, 11) is 0. The van der Waals surface area contributed by atoms with Crippen LogP contribution in [0, 0.1) is 11.6 Å². The van der Waals surface area contributed by atoms with Gasteiger partial charge in [-0.2, -0.15) is 0 Å². The number of para-hydroxylation sites is 1. The highest BCUT2D eigenvalue weighted by atomic mass is 19.1. The lowest BCUT2D eigenvalue weighted by atomic mass is 10.2. The van der Waals surface area contributed by atoms with E-state index in [-0.39, 0.29) is 12.1 Å². The molecule has 138 valence electrons. The number of carbonyl (C=O) groups excluding carboxylic acids is 2. The average molecular weight is 363 g/mol. The van der Waals surface area contributed by atoms with Crippen LogP contribution in [0.4, 0.5) is 14.5 Å². The number of rotatable bonds is 8. The molecule has 0 aliphatic rings. The lowest BCUT2D eigenvalue weighted by molar-refractivity contribution is -0.153. The fourth-order valence-electron chi connectivity index (χ4n) is 2.06. The predicted molar refractivity (Wildman–Crippen MR) is 91.7 cm³/mol. The lowest BCUT2D eigenvalue weighted by Crippen LogP contribution is -2.30. The van der Waals surface area contributed by atoms with Crippen LogP contribution < -0.4 is 10.1 Å². The van der Waals surface area contributed by atoms with Gasteiger partial charge in [0, 0.05) is 12.5 Å². The molecule has 0 radical (unpaired) electrons. The number of amides is 1. The van der Waals surface area contributed by atoms with Gasteiger partial charge in [-0.1, -0.05) is 18.2 Å². The van der Waals surface area contributed by atoms with Crippen molar-refractivity contribution < 1.29 is 27.8 Å². The Morgan fingerprint density at radius 1 is 1.12 bits per heavy atom. The zero-order valence-electron chi connectivity index (χ0n) is 14.2. The molecule has 0 bridgehead atoms. The van der Waals surface area contributed by atoms with Gasteiger partial charge < -0.3 is 14.8 Å². The third kappa shape index (κ3) is 6.16. The maximum absolute atomic E-state index is 13.5. The van der Waals surface area contributed by atoms with Gasteiger partial charge in [0.1, 0.15) is 17.4 Å². The molecule has 2 aromatic carbocycles. The van der Waals surface area contributed by atoms with Crippen molar-refractivity contribution in [2.75, 3.05) is 11.9 Å². The molecule has 26 heavy (non-hydrogen) atoms. The molecular weight excluding hydrogens is 344 g/mol. The van der Waals surface area contributed by atoms with E-state index in [1.807, 2.05) is 18.2 Å². The van der Waals surface area contributed by atoms with Crippen LogP contribution in [0.2, 0.25) is 0 Å². The Balaban J connectivity index is 1.71. The van der Waals surface area contributed by atoms with E-state index in [9.17, 15) is 18.4 Å². The largest absolute Gasteiger partial charge is 0.494 e. The van der Waals surface area contributed by atoms with Crippen molar-refractivity contribution in [1.82, 2.24) is 0 Å². The van der Waals surface area contributed by atoms with Crippen molar-refractivity contribution in [3.8, 4) is 5.75 Å². The minimum absolute atomic E-state index is 0.0787. The second-order valence-corrected chi connectivity index (χ2v) is 5.51. The van der Waals surface area contributed by atoms with Gasteiger partial charge in [0.15, 0.2) is 6.10 Å². The highest BCUT2D eigenvalue weighted by Crippen LogP contribution is 2.15. The van der Waals surface area contributed by atoms with Gasteiger partial charge in [-0.25, -0.2) is 8.78 Å². The SMILES string of the molecule is C[C@@H](OC(=O)CCCOc1ccccc1)C(=O)Nc1ccc(F)cc1F. The number of nitrogens with one attached hydrogen (secondary N) is 1. The normalized spacial score (nSPS) is 11.5. The minimum atomic E-state index is -1.11. The molecule has 0 aliphatic carbocycles. The van der Waals surface area contributed by atoms with Crippen molar-refractivity contribution >= 4 is 17.6 Å². The number of hydrogen-bond donors (Lipinski definition) is 1. The Morgan fingerprint density at radius 3 is 2.54 bits per heavy atom. The molecule has 1 N–H and O–H groups in total. The molecule has 0 heterocycles. The van der Waals surface area contributed by atoms with E-state index in [1.54, 1.807) is 12.1 Å². The molecule has 5 nitrogen and oxygen atoms in total. The quantitative estimate of drug-likeness (QED) is 0.574. The first-order valence-corrected chi connectivity index (χ1v) is 8.09. The van der Waals surface area contributed by atoms with Crippen LogP contribution in [0.1, 0.15) is 19.8 Å². The van der Waals surface area contributed by atoms with Crippen molar-refractivity contribution in [2.24, 2.45) is 0 Å². The molecule has 2 rings (SSSR count). The molecule has 7 heteroatoms. The molecule has 1 amide bonds. The van der Waals surface area contributed by atoms with Gasteiger partial charge in [0.2, 0.25) is 0 Å². The lowest BCUT2D eigenvalue weighted by Gasteiger charge is -2.14. The van der Waals surface area contributed by atoms with E-state index in [0.29, 0.717) is 24.8 Å². The Morgan fingerprint density at radius 2 is 1.85 bits per heavy atom. The van der Waals surface area contributed by atoms with Crippen molar-refractivity contribution in [3.63, 3.8) is 0 Å². The molecular formula is C19H19F2NO4. The predicted octanol–water partition coefficient (Wildman–Crippen LogP) is 3.69. The van der Waals surface area contributed by atoms with Gasteiger partial charge >= 0.3 is 5.97 Å². The molecule has 0 spiro atoms. The van der Waals surface area contributed by atoms with Crippen LogP contribution in [0.5, 0.6) is 5.75 Å². The summed E-state index contributed by atoms with van der Waals surface area (Å²) in [6.07, 6.45) is -0.605. The molecule has 0 aliphatic heterocycles. The van der Waals surface area contributed by atoms with Gasteiger partial charge in [-0.05, 0) is 37.6 Å². The Hall–Kier alpha value is -2.96. The van der Waals surface area contributed by atoms with Crippen molar-refractivity contribution in [1.29, 1.82) is 0 Å². The molecule has 0 saturated carbocycles. The van der Waals surface area contributed by atoms with E-state index < -0.39 is 29.6 Å². The van der Waals surface area contributed by atoms with E-state index in [1.165, 1.54) is 6.92 Å². The Kier molecular flexibility index (Phi) is 7.08. The first kappa shape index (κ1) is 19.4. The maximum atomic E-state index is 13.5. The van der Waals surface area contributed by atoms with Crippen LogP contribution in [0.25, 0.3) is 0 Å². The van der Waals surface area contributed by atoms with E-state index in [4.69, 9.17) is 9.47 Å². The van der Waals surface area contributed by atoms with Gasteiger partial charge in [0.25, 0.3) is 5.91 Å². The van der Waals surface area contributed by atoms with E-state index >= 15 is 0 Å². The first-order chi connectivity index (χ1) is 12.5. The number of benzene rings is 2. The molecule has 1 atom stereocenters. The molecule has 2 aromatic rings. The van der Waals surface area contributed by atoms with Gasteiger partial charge in [-0.15, -0.1) is 0 Å². The number of carbonyl (C=O) groups is 2. The summed E-state index contributed by atoms with van der Waals surface area (Å²) in [5.74, 6) is -2.23. The number of ether oxygens (including phenoxy) is 2. The summed E-state index contributed by atoms with van der Waals surface area (Å²) in [5.41, 5.74) is -0.185. The second-order valence-electron chi connectivity index (χ2n) is 5.51. The third-order valence-corrected chi connectivity index (χ3v) is 3.40. The molecule has 0 aromatic heterocycles. The van der Waals surface area contributed by atoms with Crippen molar-refractivity contribution in [2.45, 2.75) is 25.9 Å². The number of halogens is 2. The van der Waals surface area contributed by atoms with Crippen LogP contribution in [-0.4, -0.2) is 24.6 Å². The minimum Gasteiger partial charge on any atom is -0.494 e. The summed E-state index contributed by atoms with van der Waals surface area (Å²) >= 11 is 0. The summed E-state index contributed by atoms with van der Waals surface area (Å²) < 4.78 is 36.8. The smallest absolute Gasteiger partial charge is 0.306 e. The number of anilines is 1. The number of hydrogen-bond acceptors (Lipinski definition) is 4. The second kappa shape index (κ2) is 9.50. The van der Waals surface area contributed by atoms with Crippen LogP contribution >= 0.6 is 0 Å². The number of esters is 1. The molecule has 0 fully saturated rings. The highest BCUT2D eigenvalue weighted by molar-refractivity contribution is 5.95. The highest BCUT2D eigenvalue weighted by Gasteiger charge is 2.19. The fourth-order valence-corrected chi connectivity index (χ4v) is 2.06. The van der Waals surface area contributed by atoms with Gasteiger partial charge in [-0.3, -0.25) is 9.59 Å². The monoisotopic (exact) mass is 363 g/mol. The fraction of sp³-hybridized carbons (Fsp3) is 0.263.